The first-order chi connectivity index (χ1) is 17.3. The second-order valence-corrected chi connectivity index (χ2v) is 9.55. The Hall–Kier alpha value is -3.71. The standard InChI is InChI=1S/C29H33FN4O2/c1-19(2)27(33(15-5-14-31)29(36)22-9-11-24(35)12-10-22)28-32-25-16-20(3)8-13-26(25)34(28)18-21-6-4-7-23(30)17-21/h4,6-13,16-17,19,27,35H,5,14-15,18,31H2,1-3H3. The maximum Gasteiger partial charge on any atom is 0.254 e. The van der Waals surface area contributed by atoms with Crippen LogP contribution >= 0.6 is 0 Å². The molecule has 1 heterocycles. The van der Waals surface area contributed by atoms with Gasteiger partial charge in [-0.25, -0.2) is 9.37 Å². The lowest BCUT2D eigenvalue weighted by atomic mass is 9.99. The predicted molar refractivity (Wildman–Crippen MR) is 140 cm³/mol. The van der Waals surface area contributed by atoms with Crippen molar-refractivity contribution in [2.45, 2.75) is 39.8 Å². The van der Waals surface area contributed by atoms with E-state index in [1.54, 1.807) is 18.2 Å². The van der Waals surface area contributed by atoms with Crippen molar-refractivity contribution < 1.29 is 14.3 Å². The summed E-state index contributed by atoms with van der Waals surface area (Å²) >= 11 is 0. The van der Waals surface area contributed by atoms with Crippen LogP contribution in [0.25, 0.3) is 11.0 Å². The lowest BCUT2D eigenvalue weighted by Crippen LogP contribution is -2.40. The monoisotopic (exact) mass is 488 g/mol. The molecule has 0 saturated heterocycles. The van der Waals surface area contributed by atoms with Gasteiger partial charge in [0, 0.05) is 18.7 Å². The molecule has 36 heavy (non-hydrogen) atoms. The molecule has 4 rings (SSSR count). The molecule has 0 saturated carbocycles. The quantitative estimate of drug-likeness (QED) is 0.329. The summed E-state index contributed by atoms with van der Waals surface area (Å²) in [6.07, 6.45) is 0.635. The number of aromatic nitrogens is 2. The first kappa shape index (κ1) is 25.4. The van der Waals surface area contributed by atoms with Gasteiger partial charge in [-0.05, 0) is 85.5 Å². The number of nitrogens with two attached hydrogens (primary N) is 1. The smallest absolute Gasteiger partial charge is 0.254 e. The highest BCUT2D eigenvalue weighted by Gasteiger charge is 2.32. The Balaban J connectivity index is 1.86. The lowest BCUT2D eigenvalue weighted by molar-refractivity contribution is 0.0605. The van der Waals surface area contributed by atoms with Crippen LogP contribution in [0.4, 0.5) is 4.39 Å². The van der Waals surface area contributed by atoms with Crippen molar-refractivity contribution in [1.82, 2.24) is 14.5 Å². The van der Waals surface area contributed by atoms with Gasteiger partial charge in [0.1, 0.15) is 17.4 Å². The van der Waals surface area contributed by atoms with Gasteiger partial charge >= 0.3 is 0 Å². The zero-order valence-electron chi connectivity index (χ0n) is 21.0. The Bertz CT molecular complexity index is 1350. The number of nitrogens with zero attached hydrogens (tertiary/aromatic N) is 3. The average molecular weight is 489 g/mol. The number of amides is 1. The third-order valence-corrected chi connectivity index (χ3v) is 6.37. The molecule has 3 N–H and O–H groups in total. The van der Waals surface area contributed by atoms with Crippen LogP contribution in [-0.2, 0) is 6.54 Å². The normalized spacial score (nSPS) is 12.3. The van der Waals surface area contributed by atoms with E-state index in [0.29, 0.717) is 31.6 Å². The molecule has 188 valence electrons. The van der Waals surface area contributed by atoms with Gasteiger partial charge in [0.15, 0.2) is 0 Å². The molecule has 0 aliphatic carbocycles. The van der Waals surface area contributed by atoms with Gasteiger partial charge in [-0.1, -0.05) is 32.0 Å². The van der Waals surface area contributed by atoms with E-state index >= 15 is 0 Å². The molecule has 0 radical (unpaired) electrons. The number of rotatable bonds is 9. The van der Waals surface area contributed by atoms with Crippen molar-refractivity contribution in [2.75, 3.05) is 13.1 Å². The Kier molecular flexibility index (Phi) is 7.70. The first-order valence-corrected chi connectivity index (χ1v) is 12.3. The topological polar surface area (TPSA) is 84.4 Å². The summed E-state index contributed by atoms with van der Waals surface area (Å²) in [6, 6.07) is 18.6. The number of carbonyl (C=O) groups is 1. The number of carbonyl (C=O) groups excluding carboxylic acids is 1. The van der Waals surface area contributed by atoms with Crippen molar-refractivity contribution in [2.24, 2.45) is 11.7 Å². The molecular weight excluding hydrogens is 455 g/mol. The van der Waals surface area contributed by atoms with E-state index in [-0.39, 0.29) is 29.4 Å². The molecule has 0 aliphatic heterocycles. The molecule has 3 aromatic carbocycles. The van der Waals surface area contributed by atoms with Gasteiger partial charge < -0.3 is 20.3 Å². The zero-order chi connectivity index (χ0) is 25.8. The van der Waals surface area contributed by atoms with Crippen molar-refractivity contribution in [3.63, 3.8) is 0 Å². The molecule has 1 amide bonds. The summed E-state index contributed by atoms with van der Waals surface area (Å²) in [5.74, 6) is 0.448. The number of halogens is 1. The Morgan fingerprint density at radius 3 is 2.53 bits per heavy atom. The average Bonchev–Trinajstić information content (AvgIpc) is 3.18. The van der Waals surface area contributed by atoms with E-state index in [1.165, 1.54) is 24.3 Å². The van der Waals surface area contributed by atoms with Crippen LogP contribution in [-0.4, -0.2) is 38.6 Å². The van der Waals surface area contributed by atoms with E-state index in [0.717, 1.165) is 28.0 Å². The maximum absolute atomic E-state index is 14.0. The first-order valence-electron chi connectivity index (χ1n) is 12.3. The molecule has 1 atom stereocenters. The van der Waals surface area contributed by atoms with Gasteiger partial charge in [-0.2, -0.15) is 0 Å². The largest absolute Gasteiger partial charge is 0.508 e. The minimum atomic E-state index is -0.348. The fourth-order valence-electron chi connectivity index (χ4n) is 4.66. The fourth-order valence-corrected chi connectivity index (χ4v) is 4.66. The molecule has 4 aromatic rings. The molecular formula is C29H33FN4O2. The maximum atomic E-state index is 14.0. The van der Waals surface area contributed by atoms with E-state index in [9.17, 15) is 14.3 Å². The summed E-state index contributed by atoms with van der Waals surface area (Å²) in [7, 11) is 0. The number of imidazole rings is 1. The summed E-state index contributed by atoms with van der Waals surface area (Å²) in [5, 5.41) is 9.71. The number of hydrogen-bond acceptors (Lipinski definition) is 4. The predicted octanol–water partition coefficient (Wildman–Crippen LogP) is 5.43. The number of aromatic hydroxyl groups is 1. The number of phenolic OH excluding ortho intramolecular Hbond substituents is 1. The van der Waals surface area contributed by atoms with Gasteiger partial charge in [0.05, 0.1) is 17.1 Å². The molecule has 1 aromatic heterocycles. The number of hydrogen-bond donors (Lipinski definition) is 2. The van der Waals surface area contributed by atoms with Gasteiger partial charge in [-0.15, -0.1) is 0 Å². The second-order valence-electron chi connectivity index (χ2n) is 9.55. The number of phenols is 1. The van der Waals surface area contributed by atoms with Crippen molar-refractivity contribution in [3.05, 3.63) is 95.1 Å². The Labute approximate surface area is 211 Å². The molecule has 0 fully saturated rings. The summed E-state index contributed by atoms with van der Waals surface area (Å²) in [6.45, 7) is 7.49. The van der Waals surface area contributed by atoms with E-state index in [2.05, 4.69) is 18.4 Å². The Morgan fingerprint density at radius 1 is 1.11 bits per heavy atom. The van der Waals surface area contributed by atoms with E-state index in [1.807, 2.05) is 36.1 Å². The van der Waals surface area contributed by atoms with Crippen LogP contribution in [0.5, 0.6) is 5.75 Å². The Morgan fingerprint density at radius 2 is 1.86 bits per heavy atom. The number of fused-ring (bicyclic) bond motifs is 1. The van der Waals surface area contributed by atoms with Gasteiger partial charge in [0.25, 0.3) is 5.91 Å². The molecule has 0 bridgehead atoms. The number of aryl methyl sites for hydroxylation is 1. The fraction of sp³-hybridized carbons (Fsp3) is 0.310. The number of benzene rings is 3. The molecule has 7 heteroatoms. The van der Waals surface area contributed by atoms with Crippen molar-refractivity contribution in [3.8, 4) is 5.75 Å². The summed E-state index contributed by atoms with van der Waals surface area (Å²) in [4.78, 5) is 20.7. The van der Waals surface area contributed by atoms with Crippen LogP contribution < -0.4 is 5.73 Å². The summed E-state index contributed by atoms with van der Waals surface area (Å²) < 4.78 is 16.1. The third-order valence-electron chi connectivity index (χ3n) is 6.37. The minimum absolute atomic E-state index is 0.0352. The molecule has 6 nitrogen and oxygen atoms in total. The third kappa shape index (κ3) is 5.41. The van der Waals surface area contributed by atoms with Crippen LogP contribution in [0.3, 0.4) is 0 Å². The second kappa shape index (κ2) is 10.9. The summed E-state index contributed by atoms with van der Waals surface area (Å²) in [5.41, 5.74) is 10.0. The van der Waals surface area contributed by atoms with Crippen LogP contribution in [0.2, 0.25) is 0 Å². The van der Waals surface area contributed by atoms with Crippen LogP contribution in [0.15, 0.2) is 66.7 Å². The molecule has 1 unspecified atom stereocenters. The van der Waals surface area contributed by atoms with E-state index in [4.69, 9.17) is 10.7 Å². The van der Waals surface area contributed by atoms with Crippen LogP contribution in [0.1, 0.15) is 53.6 Å². The van der Waals surface area contributed by atoms with Gasteiger partial charge in [-0.3, -0.25) is 4.79 Å². The lowest BCUT2D eigenvalue weighted by Gasteiger charge is -2.34. The highest BCUT2D eigenvalue weighted by Crippen LogP contribution is 2.33. The highest BCUT2D eigenvalue weighted by molar-refractivity contribution is 5.94. The van der Waals surface area contributed by atoms with E-state index < -0.39 is 0 Å². The van der Waals surface area contributed by atoms with Crippen LogP contribution in [0, 0.1) is 18.7 Å². The minimum Gasteiger partial charge on any atom is -0.508 e. The molecule has 0 aliphatic rings. The van der Waals surface area contributed by atoms with Gasteiger partial charge in [0.2, 0.25) is 0 Å². The zero-order valence-corrected chi connectivity index (χ0v) is 21.0. The SMILES string of the molecule is Cc1ccc2c(c1)nc(C(C(C)C)N(CCCN)C(=O)c1ccc(O)cc1)n2Cc1cccc(F)c1. The van der Waals surface area contributed by atoms with Crippen molar-refractivity contribution >= 4 is 16.9 Å². The molecule has 0 spiro atoms. The highest BCUT2D eigenvalue weighted by atomic mass is 19.1. The van der Waals surface area contributed by atoms with Crippen molar-refractivity contribution in [1.29, 1.82) is 0 Å².